The highest BCUT2D eigenvalue weighted by Gasteiger charge is 2.18. The van der Waals surface area contributed by atoms with Crippen LogP contribution in [0.1, 0.15) is 27.2 Å². The van der Waals surface area contributed by atoms with Crippen molar-refractivity contribution in [3.8, 4) is 5.75 Å². The van der Waals surface area contributed by atoms with Crippen LogP contribution in [-0.4, -0.2) is 10.5 Å². The number of carbonyl (C=O) groups excluding carboxylic acids is 1. The minimum atomic E-state index is -0.187. The third kappa shape index (κ3) is 4.53. The molecule has 5 rings (SSSR count). The topological polar surface area (TPSA) is 56.4 Å². The first-order chi connectivity index (χ1) is 16.2. The van der Waals surface area contributed by atoms with Crippen LogP contribution in [0, 0.1) is 6.92 Å². The van der Waals surface area contributed by atoms with E-state index in [0.717, 1.165) is 22.4 Å². The van der Waals surface area contributed by atoms with Crippen LogP contribution < -0.4 is 10.1 Å². The summed E-state index contributed by atoms with van der Waals surface area (Å²) in [6.07, 6.45) is 1.65. The molecule has 0 radical (unpaired) electrons. The minimum Gasteiger partial charge on any atom is -0.489 e. The van der Waals surface area contributed by atoms with Crippen molar-refractivity contribution in [2.75, 3.05) is 5.32 Å². The SMILES string of the molecule is Cc1ccccc1Cn1c(C(=O)Nc2ccc(OCc3ccccc3)cc2)cc2occc21. The van der Waals surface area contributed by atoms with Gasteiger partial charge in [-0.1, -0.05) is 54.6 Å². The predicted molar refractivity (Wildman–Crippen MR) is 130 cm³/mol. The van der Waals surface area contributed by atoms with Gasteiger partial charge in [-0.15, -0.1) is 0 Å². The molecule has 5 nitrogen and oxygen atoms in total. The van der Waals surface area contributed by atoms with Crippen LogP contribution in [0.2, 0.25) is 0 Å². The Labute approximate surface area is 192 Å². The maximum atomic E-state index is 13.2. The van der Waals surface area contributed by atoms with Crippen molar-refractivity contribution in [2.24, 2.45) is 0 Å². The Morgan fingerprint density at radius 3 is 2.48 bits per heavy atom. The van der Waals surface area contributed by atoms with E-state index in [1.54, 1.807) is 12.3 Å². The van der Waals surface area contributed by atoms with Gasteiger partial charge in [-0.2, -0.15) is 0 Å². The van der Waals surface area contributed by atoms with Crippen LogP contribution in [-0.2, 0) is 13.2 Å². The van der Waals surface area contributed by atoms with Gasteiger partial charge in [-0.25, -0.2) is 0 Å². The zero-order valence-electron chi connectivity index (χ0n) is 18.3. The number of hydrogen-bond donors (Lipinski definition) is 1. The second kappa shape index (κ2) is 9.09. The van der Waals surface area contributed by atoms with Crippen molar-refractivity contribution >= 4 is 22.7 Å². The number of furan rings is 1. The Kier molecular flexibility index (Phi) is 5.68. The second-order valence-electron chi connectivity index (χ2n) is 7.97. The van der Waals surface area contributed by atoms with E-state index >= 15 is 0 Å². The minimum absolute atomic E-state index is 0.187. The van der Waals surface area contributed by atoms with E-state index in [-0.39, 0.29) is 5.91 Å². The first-order valence-corrected chi connectivity index (χ1v) is 10.9. The second-order valence-corrected chi connectivity index (χ2v) is 7.97. The Bertz CT molecular complexity index is 1380. The van der Waals surface area contributed by atoms with E-state index in [2.05, 4.69) is 24.4 Å². The van der Waals surface area contributed by atoms with Gasteiger partial charge in [0.1, 0.15) is 18.1 Å². The third-order valence-corrected chi connectivity index (χ3v) is 5.71. The first-order valence-electron chi connectivity index (χ1n) is 10.9. The van der Waals surface area contributed by atoms with Crippen LogP contribution in [0.25, 0.3) is 11.1 Å². The summed E-state index contributed by atoms with van der Waals surface area (Å²) in [6, 6.07) is 29.3. The highest BCUT2D eigenvalue weighted by atomic mass is 16.5. The van der Waals surface area contributed by atoms with E-state index in [1.807, 2.05) is 77.4 Å². The van der Waals surface area contributed by atoms with Crippen LogP contribution in [0.5, 0.6) is 5.75 Å². The molecule has 5 aromatic rings. The quantitative estimate of drug-likeness (QED) is 0.320. The summed E-state index contributed by atoms with van der Waals surface area (Å²) in [5, 5.41) is 2.99. The lowest BCUT2D eigenvalue weighted by atomic mass is 10.1. The van der Waals surface area contributed by atoms with Gasteiger partial charge in [0, 0.05) is 24.4 Å². The molecule has 1 N–H and O–H groups in total. The molecular weight excluding hydrogens is 412 g/mol. The zero-order valence-corrected chi connectivity index (χ0v) is 18.3. The predicted octanol–water partition coefficient (Wildman–Crippen LogP) is 6.42. The van der Waals surface area contributed by atoms with Crippen LogP contribution in [0.4, 0.5) is 5.69 Å². The summed E-state index contributed by atoms with van der Waals surface area (Å²) in [5.41, 5.74) is 6.29. The zero-order chi connectivity index (χ0) is 22.6. The molecule has 0 saturated carbocycles. The summed E-state index contributed by atoms with van der Waals surface area (Å²) in [6.45, 7) is 3.16. The molecule has 0 aliphatic rings. The smallest absolute Gasteiger partial charge is 0.272 e. The molecule has 164 valence electrons. The fraction of sp³-hybridized carbons (Fsp3) is 0.107. The molecule has 0 fully saturated rings. The summed E-state index contributed by atoms with van der Waals surface area (Å²) in [5.74, 6) is 0.560. The number of ether oxygens (including phenoxy) is 1. The number of nitrogens with one attached hydrogen (secondary N) is 1. The number of fused-ring (bicyclic) bond motifs is 1. The van der Waals surface area contributed by atoms with Crippen molar-refractivity contribution in [3.63, 3.8) is 0 Å². The average molecular weight is 437 g/mol. The summed E-state index contributed by atoms with van der Waals surface area (Å²) in [4.78, 5) is 13.2. The molecule has 1 amide bonds. The Morgan fingerprint density at radius 2 is 1.70 bits per heavy atom. The molecule has 0 saturated heterocycles. The Morgan fingerprint density at radius 1 is 0.939 bits per heavy atom. The fourth-order valence-corrected chi connectivity index (χ4v) is 3.86. The third-order valence-electron chi connectivity index (χ3n) is 5.71. The number of amides is 1. The van der Waals surface area contributed by atoms with E-state index in [4.69, 9.17) is 9.15 Å². The van der Waals surface area contributed by atoms with E-state index in [9.17, 15) is 4.79 Å². The highest BCUT2D eigenvalue weighted by Crippen LogP contribution is 2.25. The van der Waals surface area contributed by atoms with Crippen molar-refractivity contribution in [2.45, 2.75) is 20.1 Å². The first kappa shape index (κ1) is 20.6. The van der Waals surface area contributed by atoms with Gasteiger partial charge >= 0.3 is 0 Å². The van der Waals surface area contributed by atoms with Gasteiger partial charge in [0.25, 0.3) is 5.91 Å². The van der Waals surface area contributed by atoms with Crippen LogP contribution in [0.3, 0.4) is 0 Å². The molecule has 0 atom stereocenters. The number of nitrogens with zero attached hydrogens (tertiary/aromatic N) is 1. The van der Waals surface area contributed by atoms with Gasteiger partial charge in [0.2, 0.25) is 0 Å². The maximum absolute atomic E-state index is 13.2. The molecule has 2 heterocycles. The van der Waals surface area contributed by atoms with Gasteiger partial charge in [-0.05, 0) is 47.9 Å². The number of carbonyl (C=O) groups is 1. The molecule has 2 aromatic heterocycles. The van der Waals surface area contributed by atoms with Crippen LogP contribution in [0.15, 0.2) is 102 Å². The number of hydrogen-bond acceptors (Lipinski definition) is 3. The molecule has 3 aromatic carbocycles. The molecule has 0 aliphatic heterocycles. The van der Waals surface area contributed by atoms with Crippen LogP contribution >= 0.6 is 0 Å². The average Bonchev–Trinajstić information content (AvgIpc) is 3.43. The largest absolute Gasteiger partial charge is 0.489 e. The lowest BCUT2D eigenvalue weighted by Gasteiger charge is -2.13. The molecule has 5 heteroatoms. The van der Waals surface area contributed by atoms with E-state index in [1.165, 1.54) is 5.56 Å². The standard InChI is InChI=1S/C28H24N2O3/c1-20-7-5-6-10-22(20)18-30-25-15-16-32-27(25)17-26(30)28(31)29-23-11-13-24(14-12-23)33-19-21-8-3-2-4-9-21/h2-17H,18-19H2,1H3,(H,29,31). The molecule has 0 bridgehead atoms. The number of anilines is 1. The number of benzene rings is 3. The Hall–Kier alpha value is -4.25. The van der Waals surface area contributed by atoms with E-state index in [0.29, 0.717) is 30.1 Å². The Balaban J connectivity index is 1.32. The molecule has 33 heavy (non-hydrogen) atoms. The van der Waals surface area contributed by atoms with E-state index < -0.39 is 0 Å². The molecule has 0 unspecified atom stereocenters. The van der Waals surface area contributed by atoms with Gasteiger partial charge in [0.15, 0.2) is 5.58 Å². The lowest BCUT2D eigenvalue weighted by molar-refractivity contribution is 0.101. The maximum Gasteiger partial charge on any atom is 0.272 e. The fourth-order valence-electron chi connectivity index (χ4n) is 3.86. The number of rotatable bonds is 7. The van der Waals surface area contributed by atoms with Crippen molar-refractivity contribution < 1.29 is 13.9 Å². The van der Waals surface area contributed by atoms with Crippen molar-refractivity contribution in [3.05, 3.63) is 120 Å². The lowest BCUT2D eigenvalue weighted by Crippen LogP contribution is -2.17. The molecular formula is C28H24N2O3. The summed E-state index contributed by atoms with van der Waals surface area (Å²) in [7, 11) is 0. The number of aromatic nitrogens is 1. The molecule has 0 aliphatic carbocycles. The summed E-state index contributed by atoms with van der Waals surface area (Å²) >= 11 is 0. The van der Waals surface area contributed by atoms with Crippen molar-refractivity contribution in [1.82, 2.24) is 4.57 Å². The monoisotopic (exact) mass is 436 g/mol. The van der Waals surface area contributed by atoms with Crippen molar-refractivity contribution in [1.29, 1.82) is 0 Å². The highest BCUT2D eigenvalue weighted by molar-refractivity contribution is 6.05. The normalized spacial score (nSPS) is 10.9. The number of aryl methyl sites for hydroxylation is 1. The van der Waals surface area contributed by atoms with Gasteiger partial charge in [0.05, 0.1) is 11.8 Å². The summed E-state index contributed by atoms with van der Waals surface area (Å²) < 4.78 is 13.4. The van der Waals surface area contributed by atoms with Gasteiger partial charge in [-0.3, -0.25) is 4.79 Å². The van der Waals surface area contributed by atoms with Gasteiger partial charge < -0.3 is 19.0 Å². The molecule has 0 spiro atoms.